The van der Waals surface area contributed by atoms with Gasteiger partial charge in [0.05, 0.1) is 11.1 Å². The van der Waals surface area contributed by atoms with Crippen molar-refractivity contribution in [3.63, 3.8) is 0 Å². The molecule has 3 aromatic rings. The molecule has 8 nitrogen and oxygen atoms in total. The minimum Gasteiger partial charge on any atom is -0.508 e. The van der Waals surface area contributed by atoms with Gasteiger partial charge in [0.2, 0.25) is 0 Å². The molecular formula is C28H36N4O4. The van der Waals surface area contributed by atoms with Gasteiger partial charge in [0.1, 0.15) is 11.5 Å². The van der Waals surface area contributed by atoms with E-state index in [-0.39, 0.29) is 34.3 Å². The van der Waals surface area contributed by atoms with Crippen molar-refractivity contribution in [3.8, 4) is 33.9 Å². The number of amides is 1. The van der Waals surface area contributed by atoms with Crippen LogP contribution in [0, 0.1) is 0 Å². The number of piperazine rings is 1. The Kier molecular flexibility index (Phi) is 7.38. The maximum atomic E-state index is 12.9. The summed E-state index contributed by atoms with van der Waals surface area (Å²) in [5.41, 5.74) is 3.26. The molecule has 0 radical (unpaired) electrons. The molecule has 36 heavy (non-hydrogen) atoms. The summed E-state index contributed by atoms with van der Waals surface area (Å²) in [6.45, 7) is 13.3. The largest absolute Gasteiger partial charge is 0.508 e. The van der Waals surface area contributed by atoms with Gasteiger partial charge in [-0.2, -0.15) is 0 Å². The quantitative estimate of drug-likeness (QED) is 0.474. The van der Waals surface area contributed by atoms with Crippen molar-refractivity contribution in [2.24, 2.45) is 0 Å². The van der Waals surface area contributed by atoms with Crippen molar-refractivity contribution in [2.45, 2.75) is 39.7 Å². The Hall–Kier alpha value is -3.36. The highest BCUT2D eigenvalue weighted by molar-refractivity contribution is 6.02. The standard InChI is InChI=1S/C28H36N4O4/c1-6-29-27(35)25-24(19-9-7-18(8-10-19)17-32-13-11-31(5)12-14-32)26(36-30-25)20-15-21(28(2,3)4)23(34)16-22(20)33/h7-10,15-16,33-34H,6,11-14,17H2,1-5H3,(H,29,35). The number of rotatable bonds is 6. The summed E-state index contributed by atoms with van der Waals surface area (Å²) in [6.07, 6.45) is 0. The van der Waals surface area contributed by atoms with Crippen LogP contribution in [0.15, 0.2) is 40.9 Å². The average molecular weight is 493 g/mol. The molecule has 0 aliphatic carbocycles. The second kappa shape index (κ2) is 10.3. The molecule has 0 bridgehead atoms. The van der Waals surface area contributed by atoms with Crippen molar-refractivity contribution >= 4 is 5.91 Å². The van der Waals surface area contributed by atoms with Gasteiger partial charge in [0.25, 0.3) is 5.91 Å². The monoisotopic (exact) mass is 492 g/mol. The summed E-state index contributed by atoms with van der Waals surface area (Å²) < 4.78 is 5.69. The minimum absolute atomic E-state index is 0.00187. The number of aromatic nitrogens is 1. The molecule has 3 N–H and O–H groups in total. The Morgan fingerprint density at radius 1 is 1.06 bits per heavy atom. The zero-order chi connectivity index (χ0) is 26.0. The summed E-state index contributed by atoms with van der Waals surface area (Å²) in [4.78, 5) is 17.6. The van der Waals surface area contributed by atoms with E-state index >= 15 is 0 Å². The van der Waals surface area contributed by atoms with Crippen molar-refractivity contribution in [1.82, 2.24) is 20.3 Å². The molecule has 1 fully saturated rings. The molecule has 1 aliphatic heterocycles. The molecule has 0 saturated carbocycles. The predicted octanol–water partition coefficient (Wildman–Crippen LogP) is 4.21. The van der Waals surface area contributed by atoms with Gasteiger partial charge in [-0.25, -0.2) is 0 Å². The summed E-state index contributed by atoms with van der Waals surface area (Å²) >= 11 is 0. The van der Waals surface area contributed by atoms with Crippen LogP contribution in [0.2, 0.25) is 0 Å². The summed E-state index contributed by atoms with van der Waals surface area (Å²) in [5, 5.41) is 28.1. The number of hydrogen-bond donors (Lipinski definition) is 3. The number of phenolic OH excluding ortho intramolecular Hbond substituents is 2. The van der Waals surface area contributed by atoms with E-state index in [4.69, 9.17) is 4.52 Å². The van der Waals surface area contributed by atoms with Gasteiger partial charge in [-0.05, 0) is 36.6 Å². The molecule has 1 saturated heterocycles. The molecule has 0 atom stereocenters. The third kappa shape index (κ3) is 5.39. The number of carbonyl (C=O) groups is 1. The van der Waals surface area contributed by atoms with Gasteiger partial charge in [0, 0.05) is 50.9 Å². The van der Waals surface area contributed by atoms with Crippen LogP contribution in [0.1, 0.15) is 49.3 Å². The van der Waals surface area contributed by atoms with E-state index in [2.05, 4.69) is 39.5 Å². The van der Waals surface area contributed by atoms with Crippen molar-refractivity contribution in [3.05, 3.63) is 53.2 Å². The van der Waals surface area contributed by atoms with Crippen LogP contribution in [0.4, 0.5) is 0 Å². The Bertz CT molecular complexity index is 1220. The maximum Gasteiger partial charge on any atom is 0.274 e. The Labute approximate surface area is 212 Å². The smallest absolute Gasteiger partial charge is 0.274 e. The molecular weight excluding hydrogens is 456 g/mol. The van der Waals surface area contributed by atoms with Gasteiger partial charge in [-0.3, -0.25) is 9.69 Å². The highest BCUT2D eigenvalue weighted by Gasteiger charge is 2.28. The Morgan fingerprint density at radius 2 is 1.72 bits per heavy atom. The van der Waals surface area contributed by atoms with Crippen LogP contribution in [0.3, 0.4) is 0 Å². The molecule has 0 unspecified atom stereocenters. The number of hydrogen-bond acceptors (Lipinski definition) is 7. The topological polar surface area (TPSA) is 102 Å². The van der Waals surface area contributed by atoms with Gasteiger partial charge in [0.15, 0.2) is 11.5 Å². The van der Waals surface area contributed by atoms with E-state index in [9.17, 15) is 15.0 Å². The van der Waals surface area contributed by atoms with Crippen molar-refractivity contribution in [1.29, 1.82) is 0 Å². The summed E-state index contributed by atoms with van der Waals surface area (Å²) in [6, 6.07) is 11.1. The predicted molar refractivity (Wildman–Crippen MR) is 140 cm³/mol. The van der Waals surface area contributed by atoms with Crippen LogP contribution < -0.4 is 5.32 Å². The number of nitrogens with zero attached hydrogens (tertiary/aromatic N) is 3. The zero-order valence-corrected chi connectivity index (χ0v) is 21.8. The number of benzene rings is 2. The molecule has 1 amide bonds. The molecule has 8 heteroatoms. The first-order chi connectivity index (χ1) is 17.1. The number of carbonyl (C=O) groups excluding carboxylic acids is 1. The molecule has 1 aromatic heterocycles. The van der Waals surface area contributed by atoms with Crippen molar-refractivity contribution in [2.75, 3.05) is 39.8 Å². The molecule has 2 aromatic carbocycles. The van der Waals surface area contributed by atoms with Gasteiger partial charge >= 0.3 is 0 Å². The van der Waals surface area contributed by atoms with Gasteiger partial charge in [-0.15, -0.1) is 0 Å². The van der Waals surface area contributed by atoms with Crippen molar-refractivity contribution < 1.29 is 19.5 Å². The summed E-state index contributed by atoms with van der Waals surface area (Å²) in [5.74, 6) is -0.210. The van der Waals surface area contributed by atoms with Gasteiger partial charge in [-0.1, -0.05) is 50.2 Å². The first-order valence-corrected chi connectivity index (χ1v) is 12.4. The average Bonchev–Trinajstić information content (AvgIpc) is 3.25. The minimum atomic E-state index is -0.375. The molecule has 192 valence electrons. The lowest BCUT2D eigenvalue weighted by molar-refractivity contribution is 0.0947. The first kappa shape index (κ1) is 25.7. The summed E-state index contributed by atoms with van der Waals surface area (Å²) in [7, 11) is 2.14. The van der Waals surface area contributed by atoms with Crippen LogP contribution >= 0.6 is 0 Å². The van der Waals surface area contributed by atoms with Crippen LogP contribution in [0.5, 0.6) is 11.5 Å². The second-order valence-electron chi connectivity index (χ2n) is 10.5. The fraction of sp³-hybridized carbons (Fsp3) is 0.429. The lowest BCUT2D eigenvalue weighted by atomic mass is 9.84. The number of nitrogens with one attached hydrogen (secondary N) is 1. The fourth-order valence-corrected chi connectivity index (χ4v) is 4.54. The van der Waals surface area contributed by atoms with Crippen LogP contribution in [-0.2, 0) is 12.0 Å². The van der Waals surface area contributed by atoms with E-state index in [0.717, 1.165) is 38.3 Å². The first-order valence-electron chi connectivity index (χ1n) is 12.4. The van der Waals surface area contributed by atoms with E-state index in [1.807, 2.05) is 39.8 Å². The normalized spacial score (nSPS) is 15.2. The van der Waals surface area contributed by atoms with E-state index in [1.54, 1.807) is 6.07 Å². The van der Waals surface area contributed by atoms with E-state index in [0.29, 0.717) is 23.2 Å². The Morgan fingerprint density at radius 3 is 2.33 bits per heavy atom. The second-order valence-corrected chi connectivity index (χ2v) is 10.5. The number of aromatic hydroxyl groups is 2. The lowest BCUT2D eigenvalue weighted by Gasteiger charge is -2.32. The third-order valence-corrected chi connectivity index (χ3v) is 6.66. The number of phenols is 2. The third-order valence-electron chi connectivity index (χ3n) is 6.66. The van der Waals surface area contributed by atoms with Crippen LogP contribution in [0.25, 0.3) is 22.5 Å². The van der Waals surface area contributed by atoms with E-state index < -0.39 is 0 Å². The lowest BCUT2D eigenvalue weighted by Crippen LogP contribution is -2.43. The van der Waals surface area contributed by atoms with Gasteiger partial charge < -0.3 is 25.0 Å². The number of likely N-dealkylation sites (N-methyl/N-ethyl adjacent to an activating group) is 1. The molecule has 0 spiro atoms. The van der Waals surface area contributed by atoms with Crippen LogP contribution in [-0.4, -0.2) is 70.8 Å². The maximum absolute atomic E-state index is 12.9. The molecule has 1 aliphatic rings. The Balaban J connectivity index is 1.75. The highest BCUT2D eigenvalue weighted by Crippen LogP contribution is 2.44. The fourth-order valence-electron chi connectivity index (χ4n) is 4.54. The molecule has 4 rings (SSSR count). The highest BCUT2D eigenvalue weighted by atomic mass is 16.5. The zero-order valence-electron chi connectivity index (χ0n) is 21.8. The SMILES string of the molecule is CCNC(=O)c1noc(-c2cc(C(C)(C)C)c(O)cc2O)c1-c1ccc(CN2CCN(C)CC2)cc1. The van der Waals surface area contributed by atoms with E-state index in [1.165, 1.54) is 11.6 Å². The molecule has 2 heterocycles.